The Bertz CT molecular complexity index is 467. The van der Waals surface area contributed by atoms with Gasteiger partial charge in [-0.1, -0.05) is 21.0 Å². The average molecular weight is 295 g/mol. The summed E-state index contributed by atoms with van der Waals surface area (Å²) < 4.78 is 0.985. The van der Waals surface area contributed by atoms with Gasteiger partial charge in [0, 0.05) is 34.6 Å². The predicted octanol–water partition coefficient (Wildman–Crippen LogP) is 3.11. The molecule has 1 amide bonds. The highest BCUT2D eigenvalue weighted by atomic mass is 79.9. The minimum atomic E-state index is 0.0884. The quantitative estimate of drug-likeness (QED) is 0.480. The molecule has 1 unspecified atom stereocenters. The molecule has 1 aromatic rings. The lowest BCUT2D eigenvalue weighted by atomic mass is 10.1. The van der Waals surface area contributed by atoms with Crippen LogP contribution in [0.3, 0.4) is 0 Å². The Morgan fingerprint density at radius 2 is 2.18 bits per heavy atom. The molecule has 17 heavy (non-hydrogen) atoms. The Kier molecular flexibility index (Phi) is 3.66. The Labute approximate surface area is 107 Å². The largest absolute Gasteiger partial charge is 0.312 e. The van der Waals surface area contributed by atoms with Crippen LogP contribution >= 0.6 is 15.9 Å². The Balaban J connectivity index is 2.10. The van der Waals surface area contributed by atoms with Gasteiger partial charge in [0.05, 0.1) is 0 Å². The summed E-state index contributed by atoms with van der Waals surface area (Å²) in [7, 11) is 0. The number of nitrogens with zero attached hydrogens (tertiary/aromatic N) is 4. The molecule has 1 saturated heterocycles. The van der Waals surface area contributed by atoms with Gasteiger partial charge < -0.3 is 4.90 Å². The molecule has 0 saturated carbocycles. The molecule has 0 N–H and O–H groups in total. The molecule has 1 heterocycles. The van der Waals surface area contributed by atoms with Gasteiger partial charge in [0.25, 0.3) is 0 Å². The van der Waals surface area contributed by atoms with E-state index in [2.05, 4.69) is 26.0 Å². The van der Waals surface area contributed by atoms with Gasteiger partial charge in [0.15, 0.2) is 0 Å². The van der Waals surface area contributed by atoms with E-state index in [9.17, 15) is 4.79 Å². The molecular weight excluding hydrogens is 284 g/mol. The van der Waals surface area contributed by atoms with E-state index in [0.717, 1.165) is 10.2 Å². The summed E-state index contributed by atoms with van der Waals surface area (Å²) in [5, 5.41) is 3.52. The topological polar surface area (TPSA) is 69.1 Å². The predicted molar refractivity (Wildman–Crippen MR) is 68.6 cm³/mol. The van der Waals surface area contributed by atoms with Gasteiger partial charge in [-0.2, -0.15) is 0 Å². The summed E-state index contributed by atoms with van der Waals surface area (Å²) in [6.45, 7) is 1.01. The molecule has 0 bridgehead atoms. The van der Waals surface area contributed by atoms with Gasteiger partial charge in [0.2, 0.25) is 5.91 Å². The van der Waals surface area contributed by atoms with Crippen LogP contribution in [0.15, 0.2) is 33.9 Å². The number of benzene rings is 1. The number of halogens is 1. The lowest BCUT2D eigenvalue weighted by Gasteiger charge is -2.16. The maximum atomic E-state index is 11.8. The molecule has 0 aliphatic carbocycles. The molecule has 0 aromatic heterocycles. The van der Waals surface area contributed by atoms with Gasteiger partial charge >= 0.3 is 0 Å². The fraction of sp³-hybridized carbons (Fsp3) is 0.364. The highest BCUT2D eigenvalue weighted by molar-refractivity contribution is 9.10. The summed E-state index contributed by atoms with van der Waals surface area (Å²) in [4.78, 5) is 16.3. The van der Waals surface area contributed by atoms with Crippen molar-refractivity contribution in [2.75, 3.05) is 18.0 Å². The fourth-order valence-corrected chi connectivity index (χ4v) is 2.19. The van der Waals surface area contributed by atoms with E-state index >= 15 is 0 Å². The van der Waals surface area contributed by atoms with Crippen LogP contribution in [0.2, 0.25) is 0 Å². The van der Waals surface area contributed by atoms with Gasteiger partial charge in [-0.25, -0.2) is 0 Å². The Hall–Kier alpha value is -1.52. The molecule has 1 atom stereocenters. The third-order valence-corrected chi connectivity index (χ3v) is 3.28. The fourth-order valence-electron chi connectivity index (χ4n) is 1.93. The third kappa shape index (κ3) is 2.78. The second kappa shape index (κ2) is 5.21. The Morgan fingerprint density at radius 1 is 1.47 bits per heavy atom. The van der Waals surface area contributed by atoms with Crippen LogP contribution in [-0.2, 0) is 4.79 Å². The van der Waals surface area contributed by atoms with Crippen LogP contribution in [0.5, 0.6) is 0 Å². The zero-order chi connectivity index (χ0) is 12.3. The molecule has 0 radical (unpaired) electrons. The second-order valence-electron chi connectivity index (χ2n) is 3.96. The molecule has 5 nitrogen and oxygen atoms in total. The van der Waals surface area contributed by atoms with Crippen molar-refractivity contribution in [3.8, 4) is 0 Å². The Morgan fingerprint density at radius 3 is 2.82 bits per heavy atom. The van der Waals surface area contributed by atoms with Gasteiger partial charge in [-0.15, -0.1) is 0 Å². The van der Waals surface area contributed by atoms with Crippen molar-refractivity contribution in [2.45, 2.75) is 6.42 Å². The normalized spacial score (nSPS) is 19.2. The van der Waals surface area contributed by atoms with E-state index in [4.69, 9.17) is 5.53 Å². The number of hydrogen-bond acceptors (Lipinski definition) is 2. The van der Waals surface area contributed by atoms with Crippen LogP contribution in [0.4, 0.5) is 5.69 Å². The summed E-state index contributed by atoms with van der Waals surface area (Å²) in [5.74, 6) is 0.215. The first-order valence-electron chi connectivity index (χ1n) is 5.27. The smallest absolute Gasteiger partial charge is 0.227 e. The monoisotopic (exact) mass is 294 g/mol. The van der Waals surface area contributed by atoms with Crippen molar-refractivity contribution < 1.29 is 4.79 Å². The number of anilines is 1. The van der Waals surface area contributed by atoms with E-state index in [1.807, 2.05) is 24.3 Å². The van der Waals surface area contributed by atoms with Crippen LogP contribution in [0.25, 0.3) is 10.4 Å². The molecule has 1 fully saturated rings. The van der Waals surface area contributed by atoms with E-state index < -0.39 is 0 Å². The van der Waals surface area contributed by atoms with Crippen molar-refractivity contribution in [1.29, 1.82) is 0 Å². The van der Waals surface area contributed by atoms with Crippen LogP contribution < -0.4 is 4.90 Å². The highest BCUT2D eigenvalue weighted by Crippen LogP contribution is 2.26. The summed E-state index contributed by atoms with van der Waals surface area (Å²) in [6, 6.07) is 7.61. The summed E-state index contributed by atoms with van der Waals surface area (Å²) in [6.07, 6.45) is 0.453. The first-order chi connectivity index (χ1) is 8.20. The van der Waals surface area contributed by atoms with Crippen molar-refractivity contribution in [1.82, 2.24) is 0 Å². The third-order valence-electron chi connectivity index (χ3n) is 2.75. The molecule has 1 aliphatic rings. The number of hydrogen-bond donors (Lipinski definition) is 0. The first-order valence-corrected chi connectivity index (χ1v) is 6.07. The second-order valence-corrected chi connectivity index (χ2v) is 4.88. The first kappa shape index (κ1) is 12.0. The van der Waals surface area contributed by atoms with Crippen LogP contribution in [-0.4, -0.2) is 19.0 Å². The van der Waals surface area contributed by atoms with Crippen LogP contribution in [0.1, 0.15) is 6.42 Å². The minimum Gasteiger partial charge on any atom is -0.312 e. The number of rotatable bonds is 3. The van der Waals surface area contributed by atoms with Crippen molar-refractivity contribution in [3.05, 3.63) is 39.2 Å². The maximum Gasteiger partial charge on any atom is 0.227 e. The van der Waals surface area contributed by atoms with E-state index in [0.29, 0.717) is 19.5 Å². The molecule has 2 rings (SSSR count). The van der Waals surface area contributed by atoms with Crippen LogP contribution in [0, 0.1) is 5.92 Å². The minimum absolute atomic E-state index is 0.0884. The lowest BCUT2D eigenvalue weighted by Crippen LogP contribution is -2.24. The zero-order valence-corrected chi connectivity index (χ0v) is 10.7. The van der Waals surface area contributed by atoms with E-state index in [1.54, 1.807) is 4.90 Å². The molecule has 0 spiro atoms. The van der Waals surface area contributed by atoms with Gasteiger partial charge in [0.1, 0.15) is 0 Å². The molecule has 1 aromatic carbocycles. The summed E-state index contributed by atoms with van der Waals surface area (Å²) in [5.41, 5.74) is 9.15. The summed E-state index contributed by atoms with van der Waals surface area (Å²) >= 11 is 3.36. The van der Waals surface area contributed by atoms with E-state index in [-0.39, 0.29) is 11.8 Å². The van der Waals surface area contributed by atoms with Crippen molar-refractivity contribution >= 4 is 27.5 Å². The standard InChI is InChI=1S/C11H11BrN4O/c12-9-1-3-10(4-2-9)16-7-8(5-11(16)17)6-14-15-13/h1-4,8H,5-7H2. The number of azide groups is 1. The van der Waals surface area contributed by atoms with E-state index in [1.165, 1.54) is 0 Å². The molecule has 6 heteroatoms. The van der Waals surface area contributed by atoms with Gasteiger partial charge in [-0.05, 0) is 35.7 Å². The lowest BCUT2D eigenvalue weighted by molar-refractivity contribution is -0.117. The maximum absolute atomic E-state index is 11.8. The number of carbonyl (C=O) groups is 1. The van der Waals surface area contributed by atoms with Crippen molar-refractivity contribution in [3.63, 3.8) is 0 Å². The zero-order valence-electron chi connectivity index (χ0n) is 9.08. The number of carbonyl (C=O) groups excluding carboxylic acids is 1. The SMILES string of the molecule is [N-]=[N+]=NCC1CC(=O)N(c2ccc(Br)cc2)C1. The van der Waals surface area contributed by atoms with Crippen molar-refractivity contribution in [2.24, 2.45) is 11.0 Å². The molecule has 88 valence electrons. The molecular formula is C11H11BrN4O. The average Bonchev–Trinajstić information content (AvgIpc) is 2.69. The molecule has 1 aliphatic heterocycles. The highest BCUT2D eigenvalue weighted by Gasteiger charge is 2.29. The number of amides is 1. The van der Waals surface area contributed by atoms with Gasteiger partial charge in [-0.3, -0.25) is 4.79 Å².